The molecule has 1 aromatic heterocycles. The van der Waals surface area contributed by atoms with Gasteiger partial charge in [0.15, 0.2) is 0 Å². The molecule has 1 aliphatic rings. The van der Waals surface area contributed by atoms with Crippen LogP contribution >= 0.6 is 23.2 Å². The SMILES string of the molecule is O=C(OCc1cc(Cl)nc(Cl)c1)[C@@H]1C[C@H](O)CN1. The summed E-state index contributed by atoms with van der Waals surface area (Å²) in [6.07, 6.45) is -0.121. The topological polar surface area (TPSA) is 71.5 Å². The van der Waals surface area contributed by atoms with Crippen LogP contribution in [0.15, 0.2) is 12.1 Å². The number of hydrogen-bond acceptors (Lipinski definition) is 5. The van der Waals surface area contributed by atoms with E-state index in [1.807, 2.05) is 0 Å². The number of aliphatic hydroxyl groups excluding tert-OH is 1. The number of β-amino-alcohol motifs (C(OH)–C–C–N with tert-alkyl or cyclic N) is 1. The Morgan fingerprint density at radius 3 is 2.72 bits per heavy atom. The highest BCUT2D eigenvalue weighted by molar-refractivity contribution is 6.32. The molecule has 1 fully saturated rings. The van der Waals surface area contributed by atoms with Gasteiger partial charge in [0, 0.05) is 13.0 Å². The second-order valence-electron chi connectivity index (χ2n) is 4.08. The van der Waals surface area contributed by atoms with Gasteiger partial charge in [-0.05, 0) is 17.7 Å². The molecule has 0 aromatic carbocycles. The largest absolute Gasteiger partial charge is 0.460 e. The highest BCUT2D eigenvalue weighted by Crippen LogP contribution is 2.16. The van der Waals surface area contributed by atoms with Gasteiger partial charge in [0.25, 0.3) is 0 Å². The molecule has 1 saturated heterocycles. The Hall–Kier alpha value is -0.880. The first-order chi connectivity index (χ1) is 8.54. The maximum Gasteiger partial charge on any atom is 0.323 e. The molecule has 7 heteroatoms. The molecular weight excluding hydrogens is 279 g/mol. The fourth-order valence-corrected chi connectivity index (χ4v) is 2.25. The molecule has 2 rings (SSSR count). The Labute approximate surface area is 114 Å². The van der Waals surface area contributed by atoms with Gasteiger partial charge < -0.3 is 15.2 Å². The number of pyridine rings is 1. The number of rotatable bonds is 3. The Balaban J connectivity index is 1.89. The highest BCUT2D eigenvalue weighted by atomic mass is 35.5. The minimum absolute atomic E-state index is 0.0784. The van der Waals surface area contributed by atoms with Crippen molar-refractivity contribution >= 4 is 29.2 Å². The summed E-state index contributed by atoms with van der Waals surface area (Å²) in [5.41, 5.74) is 0.673. The van der Waals surface area contributed by atoms with Crippen molar-refractivity contribution in [2.24, 2.45) is 0 Å². The second kappa shape index (κ2) is 5.84. The number of esters is 1. The molecule has 0 aliphatic carbocycles. The number of ether oxygens (including phenoxy) is 1. The smallest absolute Gasteiger partial charge is 0.323 e. The first kappa shape index (κ1) is 13.5. The fourth-order valence-electron chi connectivity index (χ4n) is 1.75. The summed E-state index contributed by atoms with van der Waals surface area (Å²) in [7, 11) is 0. The van der Waals surface area contributed by atoms with E-state index in [9.17, 15) is 9.90 Å². The molecule has 0 bridgehead atoms. The lowest BCUT2D eigenvalue weighted by atomic mass is 10.2. The van der Waals surface area contributed by atoms with Crippen molar-refractivity contribution in [2.75, 3.05) is 6.54 Å². The zero-order chi connectivity index (χ0) is 13.1. The van der Waals surface area contributed by atoms with Crippen LogP contribution in [0.2, 0.25) is 10.3 Å². The van der Waals surface area contributed by atoms with E-state index < -0.39 is 18.1 Å². The van der Waals surface area contributed by atoms with Crippen molar-refractivity contribution in [1.29, 1.82) is 0 Å². The minimum Gasteiger partial charge on any atom is -0.460 e. The number of carbonyl (C=O) groups excluding carboxylic acids is 1. The maximum atomic E-state index is 11.7. The monoisotopic (exact) mass is 290 g/mol. The summed E-state index contributed by atoms with van der Waals surface area (Å²) >= 11 is 11.5. The van der Waals surface area contributed by atoms with Gasteiger partial charge in [0.2, 0.25) is 0 Å². The van der Waals surface area contributed by atoms with E-state index in [-0.39, 0.29) is 16.9 Å². The predicted octanol–water partition coefficient (Wildman–Crippen LogP) is 1.15. The normalized spacial score (nSPS) is 23.1. The Morgan fingerprint density at radius 1 is 1.50 bits per heavy atom. The zero-order valence-corrected chi connectivity index (χ0v) is 10.9. The Bertz CT molecular complexity index is 436. The molecule has 0 amide bonds. The molecule has 1 aliphatic heterocycles. The number of nitrogens with one attached hydrogen (secondary N) is 1. The molecule has 2 atom stereocenters. The number of carbonyl (C=O) groups is 1. The van der Waals surface area contributed by atoms with Crippen LogP contribution in [0, 0.1) is 0 Å². The summed E-state index contributed by atoms with van der Waals surface area (Å²) < 4.78 is 5.11. The Kier molecular flexibility index (Phi) is 4.40. The molecule has 0 spiro atoms. The van der Waals surface area contributed by atoms with E-state index in [4.69, 9.17) is 27.9 Å². The molecule has 0 unspecified atom stereocenters. The van der Waals surface area contributed by atoms with Crippen LogP contribution in [0.5, 0.6) is 0 Å². The van der Waals surface area contributed by atoms with Crippen molar-refractivity contribution in [1.82, 2.24) is 10.3 Å². The van der Waals surface area contributed by atoms with Crippen LogP contribution in [0.1, 0.15) is 12.0 Å². The quantitative estimate of drug-likeness (QED) is 0.646. The second-order valence-corrected chi connectivity index (χ2v) is 4.85. The van der Waals surface area contributed by atoms with Crippen molar-refractivity contribution in [3.05, 3.63) is 28.0 Å². The van der Waals surface area contributed by atoms with Gasteiger partial charge in [-0.1, -0.05) is 23.2 Å². The van der Waals surface area contributed by atoms with Crippen molar-refractivity contribution in [3.8, 4) is 0 Å². The van der Waals surface area contributed by atoms with Crippen LogP contribution in [0.3, 0.4) is 0 Å². The summed E-state index contributed by atoms with van der Waals surface area (Å²) in [5, 5.41) is 12.7. The molecule has 98 valence electrons. The number of hydrogen-bond donors (Lipinski definition) is 2. The average molecular weight is 291 g/mol. The molecule has 18 heavy (non-hydrogen) atoms. The molecule has 1 aromatic rings. The lowest BCUT2D eigenvalue weighted by Gasteiger charge is -2.10. The van der Waals surface area contributed by atoms with Gasteiger partial charge in [0.05, 0.1) is 6.10 Å². The van der Waals surface area contributed by atoms with E-state index >= 15 is 0 Å². The van der Waals surface area contributed by atoms with E-state index in [2.05, 4.69) is 10.3 Å². The van der Waals surface area contributed by atoms with Gasteiger partial charge in [-0.3, -0.25) is 4.79 Å². The average Bonchev–Trinajstić information content (AvgIpc) is 2.71. The lowest BCUT2D eigenvalue weighted by Crippen LogP contribution is -2.32. The van der Waals surface area contributed by atoms with Crippen molar-refractivity contribution in [3.63, 3.8) is 0 Å². The van der Waals surface area contributed by atoms with Crippen LogP contribution < -0.4 is 5.32 Å². The fraction of sp³-hybridized carbons (Fsp3) is 0.455. The summed E-state index contributed by atoms with van der Waals surface area (Å²) in [5.74, 6) is -0.393. The van der Waals surface area contributed by atoms with Gasteiger partial charge >= 0.3 is 5.97 Å². The number of aliphatic hydroxyl groups is 1. The summed E-state index contributed by atoms with van der Waals surface area (Å²) in [6.45, 7) is 0.488. The predicted molar refractivity (Wildman–Crippen MR) is 66.5 cm³/mol. The number of halogens is 2. The lowest BCUT2D eigenvalue weighted by molar-refractivity contribution is -0.147. The van der Waals surface area contributed by atoms with E-state index in [0.717, 1.165) is 0 Å². The van der Waals surface area contributed by atoms with Crippen molar-refractivity contribution < 1.29 is 14.6 Å². The molecule has 2 N–H and O–H groups in total. The number of nitrogens with zero attached hydrogens (tertiary/aromatic N) is 1. The zero-order valence-electron chi connectivity index (χ0n) is 9.40. The first-order valence-electron chi connectivity index (χ1n) is 5.44. The van der Waals surface area contributed by atoms with E-state index in [1.54, 1.807) is 12.1 Å². The molecule has 0 radical (unpaired) electrons. The summed E-state index contributed by atoms with van der Waals surface area (Å²) in [4.78, 5) is 15.5. The minimum atomic E-state index is -0.493. The third-order valence-corrected chi connectivity index (χ3v) is 2.98. The van der Waals surface area contributed by atoms with Gasteiger partial charge in [-0.15, -0.1) is 0 Å². The first-order valence-corrected chi connectivity index (χ1v) is 6.20. The Morgan fingerprint density at radius 2 is 2.17 bits per heavy atom. The summed E-state index contributed by atoms with van der Waals surface area (Å²) in [6, 6.07) is 2.71. The third-order valence-electron chi connectivity index (χ3n) is 2.60. The van der Waals surface area contributed by atoms with Gasteiger partial charge in [-0.2, -0.15) is 0 Å². The van der Waals surface area contributed by atoms with E-state index in [1.165, 1.54) is 0 Å². The number of aromatic nitrogens is 1. The molecular formula is C11H12Cl2N2O3. The van der Waals surface area contributed by atoms with Crippen LogP contribution in [0.4, 0.5) is 0 Å². The molecule has 5 nitrogen and oxygen atoms in total. The van der Waals surface area contributed by atoms with Gasteiger partial charge in [-0.25, -0.2) is 4.98 Å². The van der Waals surface area contributed by atoms with Crippen LogP contribution in [-0.4, -0.2) is 34.8 Å². The van der Waals surface area contributed by atoms with Crippen LogP contribution in [-0.2, 0) is 16.1 Å². The maximum absolute atomic E-state index is 11.7. The van der Waals surface area contributed by atoms with Crippen molar-refractivity contribution in [2.45, 2.75) is 25.2 Å². The third kappa shape index (κ3) is 3.55. The van der Waals surface area contributed by atoms with Crippen LogP contribution in [0.25, 0.3) is 0 Å². The van der Waals surface area contributed by atoms with Gasteiger partial charge in [0.1, 0.15) is 23.0 Å². The molecule has 0 saturated carbocycles. The van der Waals surface area contributed by atoms with E-state index in [0.29, 0.717) is 18.5 Å². The standard InChI is InChI=1S/C11H12Cl2N2O3/c12-9-1-6(2-10(13)15-9)5-18-11(17)8-3-7(16)4-14-8/h1-2,7-8,14,16H,3-5H2/t7-,8-/m0/s1. The highest BCUT2D eigenvalue weighted by Gasteiger charge is 2.29. The molecule has 2 heterocycles.